The first-order chi connectivity index (χ1) is 8.63. The molecule has 0 aliphatic rings. The van der Waals surface area contributed by atoms with Crippen LogP contribution in [-0.4, -0.2) is 24.1 Å². The second kappa shape index (κ2) is 12.3. The Morgan fingerprint density at radius 3 is 2.28 bits per heavy atom. The molecule has 0 aromatic rings. The standard InChI is InChI=1S/C16H35NS/c1-6-9-10-15(7-2)11-16(17-8-3)13-18-12-14(4)5/h14-17H,6-13H2,1-5H3. The SMILES string of the molecule is CCCCC(CC)CC(CSCC(C)C)NCC. The molecule has 0 heterocycles. The molecule has 110 valence electrons. The summed E-state index contributed by atoms with van der Waals surface area (Å²) in [6.07, 6.45) is 6.87. The van der Waals surface area contributed by atoms with Gasteiger partial charge in [-0.05, 0) is 30.6 Å². The maximum Gasteiger partial charge on any atom is 0.0160 e. The monoisotopic (exact) mass is 273 g/mol. The van der Waals surface area contributed by atoms with E-state index >= 15 is 0 Å². The summed E-state index contributed by atoms with van der Waals surface area (Å²) in [6, 6.07) is 0.723. The molecule has 18 heavy (non-hydrogen) atoms. The highest BCUT2D eigenvalue weighted by molar-refractivity contribution is 7.99. The maximum atomic E-state index is 3.68. The summed E-state index contributed by atoms with van der Waals surface area (Å²) in [4.78, 5) is 0. The first kappa shape index (κ1) is 18.3. The number of hydrogen-bond donors (Lipinski definition) is 1. The summed E-state index contributed by atoms with van der Waals surface area (Å²) in [5.74, 6) is 4.33. The maximum absolute atomic E-state index is 3.68. The van der Waals surface area contributed by atoms with Crippen molar-refractivity contribution in [3.05, 3.63) is 0 Å². The molecule has 1 N–H and O–H groups in total. The minimum Gasteiger partial charge on any atom is -0.313 e. The molecule has 1 nitrogen and oxygen atoms in total. The van der Waals surface area contributed by atoms with Gasteiger partial charge in [0, 0.05) is 11.8 Å². The van der Waals surface area contributed by atoms with Crippen LogP contribution in [0, 0.1) is 11.8 Å². The van der Waals surface area contributed by atoms with E-state index in [0.717, 1.165) is 24.4 Å². The van der Waals surface area contributed by atoms with E-state index in [4.69, 9.17) is 0 Å². The highest BCUT2D eigenvalue weighted by Gasteiger charge is 2.14. The molecule has 0 saturated heterocycles. The average Bonchev–Trinajstić information content (AvgIpc) is 2.33. The predicted octanol–water partition coefficient (Wildman–Crippen LogP) is 4.96. The molecular weight excluding hydrogens is 238 g/mol. The first-order valence-electron chi connectivity index (χ1n) is 7.95. The molecular formula is C16H35NS. The normalized spacial score (nSPS) is 15.0. The van der Waals surface area contributed by atoms with Gasteiger partial charge in [0.1, 0.15) is 0 Å². The van der Waals surface area contributed by atoms with Gasteiger partial charge < -0.3 is 5.32 Å². The number of rotatable bonds is 12. The summed E-state index contributed by atoms with van der Waals surface area (Å²) < 4.78 is 0. The molecule has 2 heteroatoms. The van der Waals surface area contributed by atoms with E-state index in [1.165, 1.54) is 43.6 Å². The zero-order valence-electron chi connectivity index (χ0n) is 13.3. The van der Waals surface area contributed by atoms with Crippen molar-refractivity contribution in [3.63, 3.8) is 0 Å². The molecule has 0 fully saturated rings. The van der Waals surface area contributed by atoms with Crippen molar-refractivity contribution in [3.8, 4) is 0 Å². The molecule has 0 aromatic heterocycles. The van der Waals surface area contributed by atoms with Gasteiger partial charge in [-0.25, -0.2) is 0 Å². The Balaban J connectivity index is 3.97. The Labute approximate surface area is 120 Å². The highest BCUT2D eigenvalue weighted by atomic mass is 32.2. The van der Waals surface area contributed by atoms with Gasteiger partial charge in [0.15, 0.2) is 0 Å². The number of hydrogen-bond acceptors (Lipinski definition) is 2. The van der Waals surface area contributed by atoms with E-state index in [-0.39, 0.29) is 0 Å². The van der Waals surface area contributed by atoms with Crippen molar-refractivity contribution in [1.29, 1.82) is 0 Å². The van der Waals surface area contributed by atoms with Crippen LogP contribution in [0.1, 0.15) is 66.7 Å². The molecule has 0 rings (SSSR count). The minimum atomic E-state index is 0.723. The van der Waals surface area contributed by atoms with Crippen LogP contribution in [0.15, 0.2) is 0 Å². The minimum absolute atomic E-state index is 0.723. The van der Waals surface area contributed by atoms with Crippen LogP contribution in [-0.2, 0) is 0 Å². The quantitative estimate of drug-likeness (QED) is 0.539. The lowest BCUT2D eigenvalue weighted by atomic mass is 9.92. The Bertz CT molecular complexity index is 170. The van der Waals surface area contributed by atoms with Gasteiger partial charge in [-0.2, -0.15) is 11.8 Å². The molecule has 0 bridgehead atoms. The van der Waals surface area contributed by atoms with Gasteiger partial charge in [0.2, 0.25) is 0 Å². The van der Waals surface area contributed by atoms with E-state index in [2.05, 4.69) is 51.7 Å². The van der Waals surface area contributed by atoms with E-state index in [1.807, 2.05) is 0 Å². The predicted molar refractivity (Wildman–Crippen MR) is 87.6 cm³/mol. The van der Waals surface area contributed by atoms with E-state index in [9.17, 15) is 0 Å². The summed E-state index contributed by atoms with van der Waals surface area (Å²) in [6.45, 7) is 12.6. The topological polar surface area (TPSA) is 12.0 Å². The Hall–Kier alpha value is 0.310. The fraction of sp³-hybridized carbons (Fsp3) is 1.00. The Morgan fingerprint density at radius 2 is 1.78 bits per heavy atom. The van der Waals surface area contributed by atoms with Crippen molar-refractivity contribution < 1.29 is 0 Å². The molecule has 2 unspecified atom stereocenters. The van der Waals surface area contributed by atoms with Crippen LogP contribution in [0.5, 0.6) is 0 Å². The molecule has 0 aliphatic carbocycles. The second-order valence-corrected chi connectivity index (χ2v) is 6.91. The van der Waals surface area contributed by atoms with E-state index in [0.29, 0.717) is 0 Å². The fourth-order valence-corrected chi connectivity index (χ4v) is 3.47. The fourth-order valence-electron chi connectivity index (χ4n) is 2.33. The smallest absolute Gasteiger partial charge is 0.0160 e. The largest absolute Gasteiger partial charge is 0.313 e. The molecule has 0 spiro atoms. The van der Waals surface area contributed by atoms with Crippen molar-refractivity contribution in [2.75, 3.05) is 18.1 Å². The zero-order valence-corrected chi connectivity index (χ0v) is 14.1. The lowest BCUT2D eigenvalue weighted by Gasteiger charge is -2.23. The van der Waals surface area contributed by atoms with Crippen LogP contribution in [0.2, 0.25) is 0 Å². The Kier molecular flexibility index (Phi) is 12.6. The van der Waals surface area contributed by atoms with Gasteiger partial charge in [-0.3, -0.25) is 0 Å². The first-order valence-corrected chi connectivity index (χ1v) is 9.10. The van der Waals surface area contributed by atoms with Gasteiger partial charge in [-0.1, -0.05) is 60.3 Å². The lowest BCUT2D eigenvalue weighted by molar-refractivity contribution is 0.368. The van der Waals surface area contributed by atoms with Crippen molar-refractivity contribution >= 4 is 11.8 Å². The summed E-state index contributed by atoms with van der Waals surface area (Å²) in [5, 5.41) is 3.68. The van der Waals surface area contributed by atoms with Crippen LogP contribution in [0.3, 0.4) is 0 Å². The molecule has 0 amide bonds. The number of unbranched alkanes of at least 4 members (excludes halogenated alkanes) is 1. The van der Waals surface area contributed by atoms with Crippen LogP contribution in [0.4, 0.5) is 0 Å². The van der Waals surface area contributed by atoms with Crippen molar-refractivity contribution in [1.82, 2.24) is 5.32 Å². The van der Waals surface area contributed by atoms with Crippen molar-refractivity contribution in [2.45, 2.75) is 72.8 Å². The highest BCUT2D eigenvalue weighted by Crippen LogP contribution is 2.21. The van der Waals surface area contributed by atoms with Gasteiger partial charge >= 0.3 is 0 Å². The molecule has 0 saturated carbocycles. The third kappa shape index (κ3) is 10.3. The molecule has 2 atom stereocenters. The summed E-state index contributed by atoms with van der Waals surface area (Å²) >= 11 is 2.12. The molecule has 0 aliphatic heterocycles. The average molecular weight is 274 g/mol. The molecule has 0 radical (unpaired) electrons. The van der Waals surface area contributed by atoms with Crippen LogP contribution in [0.25, 0.3) is 0 Å². The lowest BCUT2D eigenvalue weighted by Crippen LogP contribution is -2.33. The Morgan fingerprint density at radius 1 is 1.06 bits per heavy atom. The van der Waals surface area contributed by atoms with Crippen LogP contribution < -0.4 is 5.32 Å². The van der Waals surface area contributed by atoms with Gasteiger partial charge in [0.05, 0.1) is 0 Å². The number of nitrogens with one attached hydrogen (secondary N) is 1. The van der Waals surface area contributed by atoms with Gasteiger partial charge in [0.25, 0.3) is 0 Å². The third-order valence-corrected chi connectivity index (χ3v) is 4.96. The van der Waals surface area contributed by atoms with Crippen LogP contribution >= 0.6 is 11.8 Å². The summed E-state index contributed by atoms with van der Waals surface area (Å²) in [7, 11) is 0. The zero-order chi connectivity index (χ0) is 13.8. The van der Waals surface area contributed by atoms with Gasteiger partial charge in [-0.15, -0.1) is 0 Å². The number of thioether (sulfide) groups is 1. The van der Waals surface area contributed by atoms with E-state index in [1.54, 1.807) is 0 Å². The summed E-state index contributed by atoms with van der Waals surface area (Å²) in [5.41, 5.74) is 0. The second-order valence-electron chi connectivity index (χ2n) is 5.84. The van der Waals surface area contributed by atoms with Crippen molar-refractivity contribution in [2.24, 2.45) is 11.8 Å². The van der Waals surface area contributed by atoms with E-state index < -0.39 is 0 Å². The third-order valence-electron chi connectivity index (χ3n) is 3.42. The molecule has 0 aromatic carbocycles.